The van der Waals surface area contributed by atoms with E-state index >= 15 is 0 Å². The summed E-state index contributed by atoms with van der Waals surface area (Å²) in [5, 5.41) is 0. The van der Waals surface area contributed by atoms with E-state index in [1.807, 2.05) is 13.0 Å². The van der Waals surface area contributed by atoms with E-state index in [9.17, 15) is 0 Å². The zero-order valence-electron chi connectivity index (χ0n) is 11.6. The van der Waals surface area contributed by atoms with E-state index in [0.29, 0.717) is 5.82 Å². The summed E-state index contributed by atoms with van der Waals surface area (Å²) in [6.45, 7) is 3.02. The summed E-state index contributed by atoms with van der Waals surface area (Å²) >= 11 is 0. The molecule has 1 aromatic heterocycles. The molecule has 0 spiro atoms. The summed E-state index contributed by atoms with van der Waals surface area (Å²) in [4.78, 5) is 11.2. The minimum Gasteiger partial charge on any atom is -0.326 e. The van der Waals surface area contributed by atoms with Crippen LogP contribution in [0.4, 0.5) is 17.3 Å². The third kappa shape index (κ3) is 2.32. The monoisotopic (exact) mass is 269 g/mol. The van der Waals surface area contributed by atoms with Crippen molar-refractivity contribution < 1.29 is 0 Å². The molecular weight excluding hydrogens is 250 g/mol. The Hall–Kier alpha value is -2.14. The smallest absolute Gasteiger partial charge is 0.145 e. The maximum atomic E-state index is 5.51. The van der Waals surface area contributed by atoms with E-state index in [1.165, 1.54) is 11.3 Å². The second kappa shape index (κ2) is 5.46. The number of fused-ring (bicyclic) bond motifs is 1. The van der Waals surface area contributed by atoms with Gasteiger partial charge in [-0.1, -0.05) is 25.1 Å². The minimum atomic E-state index is 0.662. The van der Waals surface area contributed by atoms with Crippen LogP contribution in [0.5, 0.6) is 0 Å². The Labute approximate surface area is 118 Å². The number of aromatic nitrogens is 2. The number of para-hydroxylation sites is 1. The Morgan fingerprint density at radius 3 is 2.95 bits per heavy atom. The van der Waals surface area contributed by atoms with Crippen LogP contribution >= 0.6 is 0 Å². The first-order valence-corrected chi connectivity index (χ1v) is 7.02. The molecule has 0 fully saturated rings. The lowest BCUT2D eigenvalue weighted by Gasteiger charge is -2.30. The summed E-state index contributed by atoms with van der Waals surface area (Å²) < 4.78 is 0. The number of hydrazine groups is 1. The van der Waals surface area contributed by atoms with Crippen LogP contribution in [0.1, 0.15) is 24.7 Å². The number of rotatable bonds is 3. The number of hydrogen-bond donors (Lipinski definition) is 2. The Bertz CT molecular complexity index is 589. The van der Waals surface area contributed by atoms with Crippen LogP contribution in [0.3, 0.4) is 0 Å². The highest BCUT2D eigenvalue weighted by molar-refractivity contribution is 5.67. The van der Waals surface area contributed by atoms with Crippen LogP contribution in [0.2, 0.25) is 0 Å². The van der Waals surface area contributed by atoms with Gasteiger partial charge in [0.2, 0.25) is 0 Å². The fourth-order valence-electron chi connectivity index (χ4n) is 2.63. The zero-order chi connectivity index (χ0) is 13.9. The Morgan fingerprint density at radius 1 is 1.30 bits per heavy atom. The van der Waals surface area contributed by atoms with Gasteiger partial charge in [-0.15, -0.1) is 0 Å². The normalized spacial score (nSPS) is 14.0. The molecule has 104 valence electrons. The summed E-state index contributed by atoms with van der Waals surface area (Å²) in [6.07, 6.45) is 3.05. The number of nitrogens with zero attached hydrogens (tertiary/aromatic N) is 3. The standard InChI is InChI=1S/C15H19N5/c1-2-13-17-14(19-16)10-15(18-13)20-9-5-7-11-6-3-4-8-12(11)20/h3-4,6,8,10H,2,5,7,9,16H2,1H3,(H,17,18,19). The van der Waals surface area contributed by atoms with Gasteiger partial charge >= 0.3 is 0 Å². The Kier molecular flexibility index (Phi) is 3.52. The Morgan fingerprint density at radius 2 is 2.15 bits per heavy atom. The molecule has 1 aliphatic rings. The molecule has 1 aromatic carbocycles. The molecule has 0 atom stereocenters. The summed E-state index contributed by atoms with van der Waals surface area (Å²) in [6, 6.07) is 10.4. The van der Waals surface area contributed by atoms with Gasteiger partial charge in [-0.05, 0) is 24.5 Å². The third-order valence-corrected chi connectivity index (χ3v) is 3.61. The molecule has 1 aliphatic heterocycles. The fourth-order valence-corrected chi connectivity index (χ4v) is 2.63. The number of nitrogens with one attached hydrogen (secondary N) is 1. The zero-order valence-corrected chi connectivity index (χ0v) is 11.6. The summed E-state index contributed by atoms with van der Waals surface area (Å²) in [7, 11) is 0. The maximum absolute atomic E-state index is 5.51. The molecule has 20 heavy (non-hydrogen) atoms. The van der Waals surface area contributed by atoms with Crippen molar-refractivity contribution in [1.82, 2.24) is 9.97 Å². The highest BCUT2D eigenvalue weighted by Crippen LogP contribution is 2.32. The topological polar surface area (TPSA) is 67.1 Å². The van der Waals surface area contributed by atoms with Crippen LogP contribution in [-0.2, 0) is 12.8 Å². The third-order valence-electron chi connectivity index (χ3n) is 3.61. The van der Waals surface area contributed by atoms with Gasteiger partial charge in [-0.25, -0.2) is 15.8 Å². The van der Waals surface area contributed by atoms with E-state index < -0.39 is 0 Å². The molecule has 0 bridgehead atoms. The lowest BCUT2D eigenvalue weighted by Crippen LogP contribution is -2.26. The fraction of sp³-hybridized carbons (Fsp3) is 0.333. The highest BCUT2D eigenvalue weighted by Gasteiger charge is 2.19. The van der Waals surface area contributed by atoms with Gasteiger partial charge in [0.15, 0.2) is 0 Å². The van der Waals surface area contributed by atoms with Gasteiger partial charge in [-0.2, -0.15) is 0 Å². The van der Waals surface area contributed by atoms with Crippen molar-refractivity contribution in [3.05, 3.63) is 41.7 Å². The first kappa shape index (κ1) is 12.9. The largest absolute Gasteiger partial charge is 0.326 e. The molecule has 0 saturated carbocycles. The van der Waals surface area contributed by atoms with Gasteiger partial charge < -0.3 is 10.3 Å². The molecule has 2 aromatic rings. The van der Waals surface area contributed by atoms with Gasteiger partial charge in [0.25, 0.3) is 0 Å². The first-order chi connectivity index (χ1) is 9.81. The quantitative estimate of drug-likeness (QED) is 0.661. The van der Waals surface area contributed by atoms with Gasteiger partial charge in [0.05, 0.1) is 0 Å². The van der Waals surface area contributed by atoms with Crippen LogP contribution in [0, 0.1) is 0 Å². The molecular formula is C15H19N5. The molecule has 0 aliphatic carbocycles. The van der Waals surface area contributed by atoms with Gasteiger partial charge in [0, 0.05) is 24.7 Å². The van der Waals surface area contributed by atoms with Crippen molar-refractivity contribution in [1.29, 1.82) is 0 Å². The van der Waals surface area contributed by atoms with E-state index in [4.69, 9.17) is 5.84 Å². The summed E-state index contributed by atoms with van der Waals surface area (Å²) in [5.74, 6) is 7.89. The van der Waals surface area contributed by atoms with Crippen LogP contribution in [-0.4, -0.2) is 16.5 Å². The van der Waals surface area contributed by atoms with Crippen molar-refractivity contribution in [2.24, 2.45) is 5.84 Å². The van der Waals surface area contributed by atoms with Crippen LogP contribution < -0.4 is 16.2 Å². The average molecular weight is 269 g/mol. The van der Waals surface area contributed by atoms with E-state index in [2.05, 4.69) is 44.6 Å². The first-order valence-electron chi connectivity index (χ1n) is 7.02. The molecule has 3 N–H and O–H groups in total. The Balaban J connectivity index is 2.05. The molecule has 5 heteroatoms. The van der Waals surface area contributed by atoms with Gasteiger partial charge in [-0.3, -0.25) is 0 Å². The molecule has 0 radical (unpaired) electrons. The maximum Gasteiger partial charge on any atom is 0.145 e. The number of hydrogen-bond acceptors (Lipinski definition) is 5. The predicted octanol–water partition coefficient (Wildman–Crippen LogP) is 2.41. The van der Waals surface area contributed by atoms with Crippen molar-refractivity contribution in [2.75, 3.05) is 16.9 Å². The second-order valence-corrected chi connectivity index (χ2v) is 4.91. The second-order valence-electron chi connectivity index (χ2n) is 4.91. The number of nitrogen functional groups attached to an aromatic ring is 1. The lowest BCUT2D eigenvalue weighted by atomic mass is 10.0. The van der Waals surface area contributed by atoms with E-state index in [0.717, 1.165) is 37.4 Å². The predicted molar refractivity (Wildman–Crippen MR) is 81.0 cm³/mol. The van der Waals surface area contributed by atoms with Gasteiger partial charge in [0.1, 0.15) is 17.5 Å². The molecule has 0 unspecified atom stereocenters. The summed E-state index contributed by atoms with van der Waals surface area (Å²) in [5.41, 5.74) is 5.24. The van der Waals surface area contributed by atoms with Crippen molar-refractivity contribution in [3.63, 3.8) is 0 Å². The number of nitrogens with two attached hydrogens (primary N) is 1. The number of benzene rings is 1. The highest BCUT2D eigenvalue weighted by atomic mass is 15.3. The minimum absolute atomic E-state index is 0.662. The number of aryl methyl sites for hydroxylation is 2. The lowest BCUT2D eigenvalue weighted by molar-refractivity contribution is 0.754. The SMILES string of the molecule is CCc1nc(NN)cc(N2CCCc3ccccc32)n1. The van der Waals surface area contributed by atoms with Crippen molar-refractivity contribution in [2.45, 2.75) is 26.2 Å². The molecule has 0 saturated heterocycles. The molecule has 2 heterocycles. The van der Waals surface area contributed by atoms with E-state index in [1.54, 1.807) is 0 Å². The van der Waals surface area contributed by atoms with Crippen LogP contribution in [0.25, 0.3) is 0 Å². The molecule has 5 nitrogen and oxygen atoms in total. The number of anilines is 3. The van der Waals surface area contributed by atoms with E-state index in [-0.39, 0.29) is 0 Å². The molecule has 0 amide bonds. The molecule has 3 rings (SSSR count). The van der Waals surface area contributed by atoms with Crippen molar-refractivity contribution in [3.8, 4) is 0 Å². The average Bonchev–Trinajstić information content (AvgIpc) is 2.53. The van der Waals surface area contributed by atoms with Crippen LogP contribution in [0.15, 0.2) is 30.3 Å². The van der Waals surface area contributed by atoms with Crippen molar-refractivity contribution >= 4 is 17.3 Å².